The summed E-state index contributed by atoms with van der Waals surface area (Å²) in [5, 5.41) is 15.8. The molecule has 5 nitrogen and oxygen atoms in total. The largest absolute Gasteiger partial charge is 0.392 e. The Morgan fingerprint density at radius 3 is 2.78 bits per heavy atom. The molecule has 2 rings (SSSR count). The van der Waals surface area contributed by atoms with E-state index >= 15 is 0 Å². The maximum absolute atomic E-state index is 13.3. The van der Waals surface area contributed by atoms with Crippen molar-refractivity contribution in [1.29, 1.82) is 0 Å². The van der Waals surface area contributed by atoms with E-state index in [1.807, 2.05) is 13.8 Å². The van der Waals surface area contributed by atoms with Gasteiger partial charge in [0.05, 0.1) is 18.7 Å². The molecule has 1 heterocycles. The number of nitrogens with zero attached hydrogens (tertiary/aromatic N) is 1. The zero-order valence-electron chi connectivity index (χ0n) is 13.4. The molecule has 0 fully saturated rings. The fraction of sp³-hybridized carbons (Fsp3) is 0.412. The number of aryl methyl sites for hydroxylation is 2. The van der Waals surface area contributed by atoms with Crippen molar-refractivity contribution in [1.82, 2.24) is 10.5 Å². The minimum absolute atomic E-state index is 0.146. The number of aromatic nitrogens is 1. The highest BCUT2D eigenvalue weighted by Crippen LogP contribution is 2.16. The first-order chi connectivity index (χ1) is 11.1. The molecule has 23 heavy (non-hydrogen) atoms. The molecule has 1 aromatic carbocycles. The van der Waals surface area contributed by atoms with Crippen molar-refractivity contribution in [3.63, 3.8) is 0 Å². The number of benzene rings is 1. The predicted molar refractivity (Wildman–Crippen MR) is 83.1 cm³/mol. The first-order valence-corrected chi connectivity index (χ1v) is 7.70. The molecule has 0 spiro atoms. The van der Waals surface area contributed by atoms with Gasteiger partial charge in [0.1, 0.15) is 11.6 Å². The van der Waals surface area contributed by atoms with E-state index in [1.165, 1.54) is 6.07 Å². The monoisotopic (exact) mass is 320 g/mol. The summed E-state index contributed by atoms with van der Waals surface area (Å²) in [5.74, 6) is 0.140. The van der Waals surface area contributed by atoms with Crippen LogP contribution in [0.2, 0.25) is 0 Å². The smallest absolute Gasteiger partial charge is 0.224 e. The second-order valence-corrected chi connectivity index (χ2v) is 5.28. The van der Waals surface area contributed by atoms with E-state index in [2.05, 4.69) is 10.5 Å². The molecular weight excluding hydrogens is 299 g/mol. The number of nitrogens with one attached hydrogen (secondary N) is 1. The van der Waals surface area contributed by atoms with Gasteiger partial charge in [0, 0.05) is 24.1 Å². The summed E-state index contributed by atoms with van der Waals surface area (Å²) in [6.07, 6.45) is 1.61. The van der Waals surface area contributed by atoms with Crippen molar-refractivity contribution >= 4 is 5.91 Å². The topological polar surface area (TPSA) is 75.4 Å². The van der Waals surface area contributed by atoms with Crippen LogP contribution in [0, 0.1) is 5.82 Å². The van der Waals surface area contributed by atoms with Crippen LogP contribution in [-0.4, -0.2) is 16.2 Å². The second kappa shape index (κ2) is 7.87. The number of aliphatic hydroxyl groups is 1. The van der Waals surface area contributed by atoms with E-state index in [0.717, 1.165) is 22.6 Å². The molecule has 0 aliphatic heterocycles. The molecule has 2 aromatic rings. The number of carbonyl (C=O) groups is 1. The van der Waals surface area contributed by atoms with Crippen LogP contribution in [0.25, 0.3) is 0 Å². The van der Waals surface area contributed by atoms with Crippen LogP contribution in [0.1, 0.15) is 42.0 Å². The maximum Gasteiger partial charge on any atom is 0.224 e. The minimum Gasteiger partial charge on any atom is -0.392 e. The Morgan fingerprint density at radius 2 is 2.13 bits per heavy atom. The van der Waals surface area contributed by atoms with E-state index in [9.17, 15) is 9.18 Å². The SMILES string of the molecule is CCc1noc(CC)c1CC(=O)NCc1ccc(F)c(CO)c1. The number of aliphatic hydroxyl groups excluding tert-OH is 1. The highest BCUT2D eigenvalue weighted by Gasteiger charge is 2.16. The third-order valence-corrected chi connectivity index (χ3v) is 3.71. The first kappa shape index (κ1) is 17.1. The van der Waals surface area contributed by atoms with E-state index in [4.69, 9.17) is 9.63 Å². The summed E-state index contributed by atoms with van der Waals surface area (Å²) in [7, 11) is 0. The van der Waals surface area contributed by atoms with Crippen molar-refractivity contribution < 1.29 is 18.8 Å². The van der Waals surface area contributed by atoms with Crippen molar-refractivity contribution in [2.45, 2.75) is 46.3 Å². The lowest BCUT2D eigenvalue weighted by Gasteiger charge is -2.08. The van der Waals surface area contributed by atoms with Crippen LogP contribution < -0.4 is 5.32 Å². The van der Waals surface area contributed by atoms with Crippen LogP contribution in [0.15, 0.2) is 22.7 Å². The number of amides is 1. The van der Waals surface area contributed by atoms with E-state index in [0.29, 0.717) is 12.8 Å². The van der Waals surface area contributed by atoms with Gasteiger partial charge in [0.2, 0.25) is 5.91 Å². The van der Waals surface area contributed by atoms with Crippen molar-refractivity contribution in [2.24, 2.45) is 0 Å². The Labute approximate surface area is 134 Å². The highest BCUT2D eigenvalue weighted by atomic mass is 19.1. The number of hydrogen-bond donors (Lipinski definition) is 2. The molecule has 0 unspecified atom stereocenters. The molecule has 0 aliphatic rings. The Morgan fingerprint density at radius 1 is 1.35 bits per heavy atom. The molecular formula is C17H21FN2O3. The Kier molecular flexibility index (Phi) is 5.87. The summed E-state index contributed by atoms with van der Waals surface area (Å²) in [6, 6.07) is 4.42. The molecule has 6 heteroatoms. The van der Waals surface area contributed by atoms with Crippen LogP contribution in [-0.2, 0) is 37.2 Å². The molecule has 1 aromatic heterocycles. The molecule has 0 saturated carbocycles. The first-order valence-electron chi connectivity index (χ1n) is 7.70. The summed E-state index contributed by atoms with van der Waals surface area (Å²) in [4.78, 5) is 12.1. The lowest BCUT2D eigenvalue weighted by atomic mass is 10.1. The molecule has 1 amide bonds. The van der Waals surface area contributed by atoms with Gasteiger partial charge >= 0.3 is 0 Å². The number of halogens is 1. The zero-order valence-corrected chi connectivity index (χ0v) is 13.4. The lowest BCUT2D eigenvalue weighted by Crippen LogP contribution is -2.25. The Hall–Kier alpha value is -2.21. The molecule has 0 aliphatic carbocycles. The van der Waals surface area contributed by atoms with Crippen LogP contribution in [0.5, 0.6) is 0 Å². The third-order valence-electron chi connectivity index (χ3n) is 3.71. The predicted octanol–water partition coefficient (Wildman–Crippen LogP) is 2.29. The summed E-state index contributed by atoms with van der Waals surface area (Å²) in [5.41, 5.74) is 2.61. The average molecular weight is 320 g/mol. The number of carbonyl (C=O) groups excluding carboxylic acids is 1. The molecule has 0 radical (unpaired) electrons. The molecule has 2 N–H and O–H groups in total. The Balaban J connectivity index is 1.99. The van der Waals surface area contributed by atoms with E-state index < -0.39 is 5.82 Å². The molecule has 0 bridgehead atoms. The van der Waals surface area contributed by atoms with Gasteiger partial charge in [-0.1, -0.05) is 25.1 Å². The average Bonchev–Trinajstić information content (AvgIpc) is 2.95. The van der Waals surface area contributed by atoms with E-state index in [-0.39, 0.29) is 31.0 Å². The van der Waals surface area contributed by atoms with E-state index in [1.54, 1.807) is 12.1 Å². The standard InChI is InChI=1S/C17H21FN2O3/c1-3-15-13(16(4-2)23-20-15)8-17(22)19-9-11-5-6-14(18)12(7-11)10-21/h5-7,21H,3-4,8-10H2,1-2H3,(H,19,22). The fourth-order valence-electron chi connectivity index (χ4n) is 2.42. The zero-order chi connectivity index (χ0) is 16.8. The minimum atomic E-state index is -0.452. The van der Waals surface area contributed by atoms with Crippen molar-refractivity contribution in [3.05, 3.63) is 52.2 Å². The van der Waals surface area contributed by atoms with Gasteiger partial charge in [0.25, 0.3) is 0 Å². The van der Waals surface area contributed by atoms with Gasteiger partial charge in [-0.05, 0) is 24.1 Å². The third kappa shape index (κ3) is 4.16. The van der Waals surface area contributed by atoms with Crippen molar-refractivity contribution in [3.8, 4) is 0 Å². The van der Waals surface area contributed by atoms with Gasteiger partial charge in [-0.2, -0.15) is 0 Å². The lowest BCUT2D eigenvalue weighted by molar-refractivity contribution is -0.120. The molecule has 124 valence electrons. The normalized spacial score (nSPS) is 10.8. The summed E-state index contributed by atoms with van der Waals surface area (Å²) >= 11 is 0. The van der Waals surface area contributed by atoms with Crippen molar-refractivity contribution in [2.75, 3.05) is 0 Å². The van der Waals surface area contributed by atoms with Crippen LogP contribution >= 0.6 is 0 Å². The molecule has 0 atom stereocenters. The number of hydrogen-bond acceptors (Lipinski definition) is 4. The Bertz CT molecular complexity index is 661. The fourth-order valence-corrected chi connectivity index (χ4v) is 2.42. The van der Waals surface area contributed by atoms with Gasteiger partial charge in [-0.3, -0.25) is 4.79 Å². The van der Waals surface area contributed by atoms with Gasteiger partial charge in [-0.15, -0.1) is 0 Å². The van der Waals surface area contributed by atoms with Gasteiger partial charge < -0.3 is 14.9 Å². The highest BCUT2D eigenvalue weighted by molar-refractivity contribution is 5.79. The summed E-state index contributed by atoms with van der Waals surface area (Å²) < 4.78 is 18.6. The van der Waals surface area contributed by atoms with Gasteiger partial charge in [-0.25, -0.2) is 4.39 Å². The van der Waals surface area contributed by atoms with Gasteiger partial charge in [0.15, 0.2) is 0 Å². The quantitative estimate of drug-likeness (QED) is 0.821. The van der Waals surface area contributed by atoms with Crippen LogP contribution in [0.3, 0.4) is 0 Å². The van der Waals surface area contributed by atoms with Crippen LogP contribution in [0.4, 0.5) is 4.39 Å². The second-order valence-electron chi connectivity index (χ2n) is 5.28. The number of rotatable bonds is 7. The maximum atomic E-state index is 13.3. The molecule has 0 saturated heterocycles. The summed E-state index contributed by atoms with van der Waals surface area (Å²) in [6.45, 7) is 3.83.